The third kappa shape index (κ3) is 6.65. The van der Waals surface area contributed by atoms with Gasteiger partial charge in [0.1, 0.15) is 0 Å². The molecule has 3 aromatic carbocycles. The van der Waals surface area contributed by atoms with Gasteiger partial charge in [-0.25, -0.2) is 0 Å². The first-order valence-electron chi connectivity index (χ1n) is 15.8. The summed E-state index contributed by atoms with van der Waals surface area (Å²) in [6.07, 6.45) is 0. The number of anilines is 3. The van der Waals surface area contributed by atoms with E-state index >= 15 is 0 Å². The summed E-state index contributed by atoms with van der Waals surface area (Å²) < 4.78 is -0.187. The average Bonchev–Trinajstić information content (AvgIpc) is 3.09. The van der Waals surface area contributed by atoms with Crippen LogP contribution in [0.3, 0.4) is 0 Å². The first kappa shape index (κ1) is 43.4. The molecule has 0 radical (unpaired) electrons. The topological polar surface area (TPSA) is 9.72 Å². The average molecular weight is 747 g/mol. The van der Waals surface area contributed by atoms with Crippen molar-refractivity contribution in [3.8, 4) is 0 Å². The molecule has 47 heavy (non-hydrogen) atoms. The van der Waals surface area contributed by atoms with E-state index in [1.54, 1.807) is 0 Å². The van der Waals surface area contributed by atoms with Crippen LogP contribution in [0.1, 0.15) is 61.1 Å². The van der Waals surface area contributed by atoms with Crippen molar-refractivity contribution < 1.29 is 57.7 Å². The molecule has 8 heteroatoms. The molecule has 0 aliphatic heterocycles. The third-order valence-corrected chi connectivity index (χ3v) is 19.4. The molecule has 0 unspecified atom stereocenters. The first-order valence-corrected chi connectivity index (χ1v) is 18.6. The van der Waals surface area contributed by atoms with Crippen molar-refractivity contribution in [1.29, 1.82) is 0 Å². The molecule has 0 saturated carbocycles. The van der Waals surface area contributed by atoms with Crippen LogP contribution < -0.4 is 67.5 Å². The summed E-state index contributed by atoms with van der Waals surface area (Å²) in [6, 6.07) is 14.8. The van der Waals surface area contributed by atoms with Gasteiger partial charge in [-0.05, 0) is 0 Å². The summed E-state index contributed by atoms with van der Waals surface area (Å²) in [5.74, 6) is 0. The molecule has 1 aliphatic rings. The minimum atomic E-state index is -2.98. The molecule has 0 atom stereocenters. The normalized spacial score (nSPS) is 14.0. The summed E-state index contributed by atoms with van der Waals surface area (Å²) in [5.41, 5.74) is 18.0. The quantitative estimate of drug-likeness (QED) is 0.208. The van der Waals surface area contributed by atoms with Crippen LogP contribution in [-0.2, 0) is 20.4 Å². The van der Waals surface area contributed by atoms with Gasteiger partial charge in [-0.1, -0.05) is 0 Å². The monoisotopic (exact) mass is 745 g/mol. The zero-order valence-corrected chi connectivity index (χ0v) is 36.3. The molecule has 4 rings (SSSR count). The van der Waals surface area contributed by atoms with Crippen molar-refractivity contribution in [2.24, 2.45) is 0 Å². The fraction of sp³-hybridized carbons (Fsp3) is 0.436. The van der Waals surface area contributed by atoms with Crippen LogP contribution in [0.2, 0.25) is 3.34 Å². The minimum absolute atomic E-state index is 0. The second-order valence-electron chi connectivity index (χ2n) is 14.1. The van der Waals surface area contributed by atoms with Crippen molar-refractivity contribution in [3.63, 3.8) is 0 Å². The molecular formula is C39H54Cl3N3SiTi. The molecule has 0 fully saturated rings. The van der Waals surface area contributed by atoms with E-state index < -0.39 is 8.07 Å². The molecule has 0 bridgehead atoms. The van der Waals surface area contributed by atoms with Crippen molar-refractivity contribution in [2.45, 2.75) is 72.6 Å². The summed E-state index contributed by atoms with van der Waals surface area (Å²) in [7, 11) is 10.2. The molecule has 0 amide bonds. The molecule has 1 aliphatic carbocycles. The van der Waals surface area contributed by atoms with Crippen molar-refractivity contribution in [1.82, 2.24) is 0 Å². The Kier molecular flexibility index (Phi) is 14.3. The predicted octanol–water partition coefficient (Wildman–Crippen LogP) is -1.85. The number of rotatable bonds is 7. The summed E-state index contributed by atoms with van der Waals surface area (Å²) in [5, 5.41) is 4.59. The predicted molar refractivity (Wildman–Crippen MR) is 195 cm³/mol. The molecule has 0 saturated heterocycles. The Bertz CT molecular complexity index is 1550. The number of hydrogen-bond donors (Lipinski definition) is 0. The van der Waals surface area contributed by atoms with E-state index in [-0.39, 0.29) is 40.6 Å². The number of allylic oxidation sites excluding steroid dienone is 4. The Balaban J connectivity index is 0.00000368. The van der Waals surface area contributed by atoms with E-state index in [2.05, 4.69) is 183 Å². The van der Waals surface area contributed by atoms with Crippen LogP contribution in [0.15, 0.2) is 58.7 Å². The van der Waals surface area contributed by atoms with E-state index in [9.17, 15) is 0 Å². The first-order chi connectivity index (χ1) is 20.3. The third-order valence-electron chi connectivity index (χ3n) is 10.6. The Morgan fingerprint density at radius 1 is 0.447 bits per heavy atom. The maximum Gasteiger partial charge on any atom is -1.00 e. The second kappa shape index (κ2) is 15.5. The van der Waals surface area contributed by atoms with E-state index in [1.807, 2.05) is 0 Å². The van der Waals surface area contributed by atoms with Gasteiger partial charge in [0.05, 0.1) is 0 Å². The van der Waals surface area contributed by atoms with Gasteiger partial charge in [-0.2, -0.15) is 0 Å². The molecule has 3 aromatic rings. The zero-order valence-electron chi connectivity index (χ0n) is 31.4. The SMILES string of the molecule is CC1=C(C)[C]([Ti+3])([Si](c2cc(C)cc(N(C)C)c2C)(c2cc(C)cc(N(C)C)c2C)c2cc(C)cc(N(C)C)c2C)C(C)=C1C.[Cl-].[Cl-].[Cl-]. The van der Waals surface area contributed by atoms with Crippen LogP contribution in [0.25, 0.3) is 0 Å². The molecule has 0 aromatic heterocycles. The molecule has 0 N–H and O–H groups in total. The number of hydrogen-bond acceptors (Lipinski definition) is 3. The zero-order chi connectivity index (χ0) is 33.2. The van der Waals surface area contributed by atoms with Gasteiger partial charge in [0.15, 0.2) is 0 Å². The Labute approximate surface area is 317 Å². The van der Waals surface area contributed by atoms with Gasteiger partial charge in [0.2, 0.25) is 0 Å². The largest absolute Gasteiger partial charge is 1.00 e. The van der Waals surface area contributed by atoms with Crippen molar-refractivity contribution >= 4 is 40.7 Å². The van der Waals surface area contributed by atoms with E-state index in [0.29, 0.717) is 0 Å². The van der Waals surface area contributed by atoms with Crippen molar-refractivity contribution in [3.05, 3.63) is 92.1 Å². The van der Waals surface area contributed by atoms with Crippen LogP contribution in [0.4, 0.5) is 17.1 Å². The Morgan fingerprint density at radius 3 is 0.894 bits per heavy atom. The standard InChI is InChI=1S/C39H54N3Si.3ClH.Ti/c1-23-17-33(40(11)12)30(8)36(20-23)43(39-28(6)26(4)27(5)29(39)7,37-21-24(2)18-34(31(37)9)41(13)14)38-22-25(3)19-35(32(38)10)42(15)16;;;;/h17-22H,1-16H3;3*1H;/q;;;;+3/p-3. The fourth-order valence-corrected chi connectivity index (χ4v) is 17.6. The molecule has 0 spiro atoms. The van der Waals surface area contributed by atoms with Gasteiger partial charge >= 0.3 is 283 Å². The van der Waals surface area contributed by atoms with Gasteiger partial charge < -0.3 is 37.2 Å². The van der Waals surface area contributed by atoms with Gasteiger partial charge in [0.25, 0.3) is 0 Å². The van der Waals surface area contributed by atoms with E-state index in [1.165, 1.54) is 88.3 Å². The van der Waals surface area contributed by atoms with Crippen LogP contribution >= 0.6 is 0 Å². The van der Waals surface area contributed by atoms with Gasteiger partial charge in [-0.15, -0.1) is 0 Å². The van der Waals surface area contributed by atoms with E-state index in [4.69, 9.17) is 0 Å². The summed E-state index contributed by atoms with van der Waals surface area (Å²) >= 11 is 2.61. The molecular weight excluding hydrogens is 693 g/mol. The summed E-state index contributed by atoms with van der Waals surface area (Å²) in [6.45, 7) is 23.6. The maximum atomic E-state index is 2.61. The smallest absolute Gasteiger partial charge is 1.00 e. The van der Waals surface area contributed by atoms with Gasteiger partial charge in [0, 0.05) is 0 Å². The van der Waals surface area contributed by atoms with Crippen LogP contribution in [0, 0.1) is 41.5 Å². The minimum Gasteiger partial charge on any atom is -1.00 e. The second-order valence-corrected chi connectivity index (χ2v) is 19.9. The number of aryl methyl sites for hydroxylation is 3. The van der Waals surface area contributed by atoms with Gasteiger partial charge in [-0.3, -0.25) is 0 Å². The van der Waals surface area contributed by atoms with E-state index in [0.717, 1.165) is 0 Å². The summed E-state index contributed by atoms with van der Waals surface area (Å²) in [4.78, 5) is 6.94. The van der Waals surface area contributed by atoms with Crippen molar-refractivity contribution in [2.75, 3.05) is 57.0 Å². The molecule has 254 valence electrons. The van der Waals surface area contributed by atoms with Crippen LogP contribution in [-0.4, -0.2) is 50.4 Å². The number of nitrogens with zero attached hydrogens (tertiary/aromatic N) is 3. The number of benzene rings is 3. The maximum absolute atomic E-state index is 2.98. The molecule has 0 heterocycles. The Morgan fingerprint density at radius 2 is 0.681 bits per heavy atom. The number of halogens is 3. The fourth-order valence-electron chi connectivity index (χ4n) is 8.09. The Hall–Kier alpha value is -1.66. The van der Waals surface area contributed by atoms with Crippen LogP contribution in [0.5, 0.6) is 0 Å². The molecule has 3 nitrogen and oxygen atoms in total.